The number of carbonyl (C=O) groups excluding carboxylic acids is 3. The van der Waals surface area contributed by atoms with E-state index in [0.717, 1.165) is 29.8 Å². The molecule has 2 N–H and O–H groups in total. The first-order valence-corrected chi connectivity index (χ1v) is 12.8. The molecule has 12 heteroatoms. The number of piperazine rings is 1. The molecule has 210 valence electrons. The number of urea groups is 1. The van der Waals surface area contributed by atoms with Crippen molar-refractivity contribution in [2.75, 3.05) is 25.0 Å². The van der Waals surface area contributed by atoms with Crippen LogP contribution in [0.15, 0.2) is 85.1 Å². The van der Waals surface area contributed by atoms with Crippen LogP contribution in [0.3, 0.4) is 0 Å². The first kappa shape index (κ1) is 27.6. The van der Waals surface area contributed by atoms with Crippen LogP contribution in [0, 0.1) is 0 Å². The monoisotopic (exact) mass is 562 g/mol. The number of rotatable bonds is 5. The maximum absolute atomic E-state index is 13.5. The van der Waals surface area contributed by atoms with Crippen molar-refractivity contribution in [2.24, 2.45) is 0 Å². The Balaban J connectivity index is 1.34. The van der Waals surface area contributed by atoms with E-state index in [9.17, 15) is 27.6 Å². The molecule has 1 unspecified atom stereocenters. The summed E-state index contributed by atoms with van der Waals surface area (Å²) in [6.07, 6.45) is -3.14. The molecule has 0 bridgehead atoms. The van der Waals surface area contributed by atoms with Crippen LogP contribution < -0.4 is 10.6 Å². The molecule has 3 aromatic carbocycles. The van der Waals surface area contributed by atoms with E-state index in [1.54, 1.807) is 24.3 Å². The smallest absolute Gasteiger partial charge is 0.350 e. The van der Waals surface area contributed by atoms with Crippen molar-refractivity contribution in [1.82, 2.24) is 25.1 Å². The Morgan fingerprint density at radius 1 is 0.878 bits per heavy atom. The number of anilines is 1. The molecule has 1 aromatic heterocycles. The lowest BCUT2D eigenvalue weighted by molar-refractivity contribution is -0.137. The third-order valence-corrected chi connectivity index (χ3v) is 6.67. The lowest BCUT2D eigenvalue weighted by Gasteiger charge is -2.40. The van der Waals surface area contributed by atoms with Crippen LogP contribution >= 0.6 is 0 Å². The van der Waals surface area contributed by atoms with Crippen molar-refractivity contribution in [3.63, 3.8) is 0 Å². The van der Waals surface area contributed by atoms with Crippen LogP contribution in [0.25, 0.3) is 11.0 Å². The zero-order chi connectivity index (χ0) is 29.0. The second-order valence-electron chi connectivity index (χ2n) is 9.41. The van der Waals surface area contributed by atoms with Crippen molar-refractivity contribution in [1.29, 1.82) is 0 Å². The molecule has 0 radical (unpaired) electrons. The summed E-state index contributed by atoms with van der Waals surface area (Å²) in [4.78, 5) is 51.4. The molecule has 1 aliphatic rings. The van der Waals surface area contributed by atoms with E-state index >= 15 is 0 Å². The number of benzene rings is 3. The summed E-state index contributed by atoms with van der Waals surface area (Å²) in [5.41, 5.74) is 1.38. The maximum atomic E-state index is 13.5. The molecule has 1 fully saturated rings. The predicted molar refractivity (Wildman–Crippen MR) is 145 cm³/mol. The molecular weight excluding hydrogens is 537 g/mol. The molecule has 1 aliphatic heterocycles. The minimum absolute atomic E-state index is 0.0250. The van der Waals surface area contributed by atoms with E-state index in [0.29, 0.717) is 11.0 Å². The summed E-state index contributed by atoms with van der Waals surface area (Å²) in [5, 5.41) is 5.40. The van der Waals surface area contributed by atoms with Gasteiger partial charge in [0, 0.05) is 25.3 Å². The van der Waals surface area contributed by atoms with Crippen LogP contribution in [0.2, 0.25) is 0 Å². The first-order valence-electron chi connectivity index (χ1n) is 12.8. The van der Waals surface area contributed by atoms with Gasteiger partial charge >= 0.3 is 12.2 Å². The highest BCUT2D eigenvalue weighted by Crippen LogP contribution is 2.30. The van der Waals surface area contributed by atoms with Crippen molar-refractivity contribution in [3.8, 4) is 0 Å². The van der Waals surface area contributed by atoms with Crippen LogP contribution in [0.4, 0.5) is 23.7 Å². The number of hydrogen-bond donors (Lipinski definition) is 2. The number of hydrogen-bond acceptors (Lipinski definition) is 5. The quantitative estimate of drug-likeness (QED) is 0.377. The van der Waals surface area contributed by atoms with E-state index in [1.165, 1.54) is 16.0 Å². The van der Waals surface area contributed by atoms with Gasteiger partial charge in [-0.2, -0.15) is 13.2 Å². The summed E-state index contributed by atoms with van der Waals surface area (Å²) in [7, 11) is 0. The summed E-state index contributed by atoms with van der Waals surface area (Å²) >= 11 is 0. The van der Waals surface area contributed by atoms with Gasteiger partial charge in [0.15, 0.2) is 0 Å². The number of fused-ring (bicyclic) bond motifs is 1. The van der Waals surface area contributed by atoms with Gasteiger partial charge in [-0.15, -0.1) is 0 Å². The molecule has 41 heavy (non-hydrogen) atoms. The van der Waals surface area contributed by atoms with Crippen molar-refractivity contribution < 1.29 is 27.6 Å². The SMILES string of the molecule is O=C(NCc1ccccc1)C1CN(C(=O)Nc2ccc(C(F)(F)F)cc2)CCN1C(=O)c1cnc2ccccc2n1. The van der Waals surface area contributed by atoms with Gasteiger partial charge in [-0.05, 0) is 42.0 Å². The van der Waals surface area contributed by atoms with Crippen molar-refractivity contribution in [2.45, 2.75) is 18.8 Å². The standard InChI is InChI=1S/C29H25F3N6O3/c30-29(31,32)20-10-12-21(13-11-20)35-28(41)37-14-15-38(25(18-37)26(39)34-16-19-6-2-1-3-7-19)27(40)24-17-33-22-8-4-5-9-23(22)36-24/h1-13,17,25H,14-16,18H2,(H,34,39)(H,35,41). The zero-order valence-corrected chi connectivity index (χ0v) is 21.6. The van der Waals surface area contributed by atoms with Gasteiger partial charge < -0.3 is 20.4 Å². The number of nitrogens with one attached hydrogen (secondary N) is 2. The number of halogens is 3. The molecular formula is C29H25F3N6O3. The molecule has 2 heterocycles. The molecule has 1 saturated heterocycles. The fourth-order valence-electron chi connectivity index (χ4n) is 4.49. The Labute approximate surface area is 233 Å². The Hall–Kier alpha value is -5.00. The van der Waals surface area contributed by atoms with Crippen molar-refractivity contribution >= 4 is 34.6 Å². The van der Waals surface area contributed by atoms with Crippen LogP contribution in [-0.4, -0.2) is 63.3 Å². The minimum Gasteiger partial charge on any atom is -0.350 e. The molecule has 4 amide bonds. The van der Waals surface area contributed by atoms with Gasteiger partial charge in [-0.3, -0.25) is 14.6 Å². The number of amides is 4. The van der Waals surface area contributed by atoms with Gasteiger partial charge in [0.2, 0.25) is 5.91 Å². The van der Waals surface area contributed by atoms with Crippen LogP contribution in [0.1, 0.15) is 21.6 Å². The van der Waals surface area contributed by atoms with Crippen LogP contribution in [0.5, 0.6) is 0 Å². The van der Waals surface area contributed by atoms with Gasteiger partial charge in [0.1, 0.15) is 11.7 Å². The largest absolute Gasteiger partial charge is 0.416 e. The fraction of sp³-hybridized carbons (Fsp3) is 0.207. The predicted octanol–water partition coefficient (Wildman–Crippen LogP) is 4.32. The lowest BCUT2D eigenvalue weighted by Crippen LogP contribution is -2.62. The molecule has 5 rings (SSSR count). The van der Waals surface area contributed by atoms with Crippen molar-refractivity contribution in [3.05, 3.63) is 102 Å². The van der Waals surface area contributed by atoms with Gasteiger partial charge in [0.05, 0.1) is 29.3 Å². The highest BCUT2D eigenvalue weighted by Gasteiger charge is 2.38. The first-order chi connectivity index (χ1) is 19.7. The molecule has 0 saturated carbocycles. The third-order valence-electron chi connectivity index (χ3n) is 6.67. The summed E-state index contributed by atoms with van der Waals surface area (Å²) in [6.45, 7) is 0.185. The Kier molecular flexibility index (Phi) is 7.81. The Bertz CT molecular complexity index is 1560. The second kappa shape index (κ2) is 11.6. The average molecular weight is 563 g/mol. The number of para-hydroxylation sites is 2. The number of alkyl halides is 3. The van der Waals surface area contributed by atoms with E-state index in [4.69, 9.17) is 0 Å². The summed E-state index contributed by atoms with van der Waals surface area (Å²) in [6, 6.07) is 18.7. The molecule has 1 atom stereocenters. The topological polar surface area (TPSA) is 108 Å². The highest BCUT2D eigenvalue weighted by molar-refractivity contribution is 5.98. The molecule has 0 aliphatic carbocycles. The zero-order valence-electron chi connectivity index (χ0n) is 21.6. The third kappa shape index (κ3) is 6.43. The summed E-state index contributed by atoms with van der Waals surface area (Å²) in [5.74, 6) is -0.978. The fourth-order valence-corrected chi connectivity index (χ4v) is 4.49. The number of nitrogens with zero attached hydrogens (tertiary/aromatic N) is 4. The van der Waals surface area contributed by atoms with E-state index < -0.39 is 35.6 Å². The average Bonchev–Trinajstić information content (AvgIpc) is 2.99. The highest BCUT2D eigenvalue weighted by atomic mass is 19.4. The number of aromatic nitrogens is 2. The summed E-state index contributed by atoms with van der Waals surface area (Å²) < 4.78 is 38.7. The second-order valence-corrected chi connectivity index (χ2v) is 9.41. The van der Waals surface area contributed by atoms with E-state index in [2.05, 4.69) is 20.6 Å². The van der Waals surface area contributed by atoms with E-state index in [-0.39, 0.29) is 37.6 Å². The van der Waals surface area contributed by atoms with Crippen LogP contribution in [-0.2, 0) is 17.5 Å². The molecule has 4 aromatic rings. The molecule has 9 nitrogen and oxygen atoms in total. The van der Waals surface area contributed by atoms with E-state index in [1.807, 2.05) is 30.3 Å². The normalized spacial score (nSPS) is 15.4. The Morgan fingerprint density at radius 2 is 1.56 bits per heavy atom. The Morgan fingerprint density at radius 3 is 2.27 bits per heavy atom. The lowest BCUT2D eigenvalue weighted by atomic mass is 10.1. The minimum atomic E-state index is -4.50. The molecule has 0 spiro atoms. The maximum Gasteiger partial charge on any atom is 0.416 e. The van der Waals surface area contributed by atoms with Gasteiger partial charge in [-0.1, -0.05) is 42.5 Å². The number of carbonyl (C=O) groups is 3. The van der Waals surface area contributed by atoms with Gasteiger partial charge in [0.25, 0.3) is 5.91 Å². The van der Waals surface area contributed by atoms with Gasteiger partial charge in [-0.25, -0.2) is 9.78 Å².